The van der Waals surface area contributed by atoms with Gasteiger partial charge in [0.1, 0.15) is 23.7 Å². The predicted molar refractivity (Wildman–Crippen MR) is 70.1 cm³/mol. The smallest absolute Gasteiger partial charge is 0.250 e. The van der Waals surface area contributed by atoms with Crippen LogP contribution < -0.4 is 10.2 Å². The first-order chi connectivity index (χ1) is 9.32. The number of carbonyl (C=O) groups is 2. The maximum atomic E-state index is 13.9. The van der Waals surface area contributed by atoms with Gasteiger partial charge in [0.05, 0.1) is 5.69 Å². The average molecular weight is 282 g/mol. The molecular formula is C14H16F2N2O2. The molecule has 6 heteroatoms. The summed E-state index contributed by atoms with van der Waals surface area (Å²) >= 11 is 0. The Morgan fingerprint density at radius 1 is 1.25 bits per heavy atom. The van der Waals surface area contributed by atoms with E-state index in [1.165, 1.54) is 13.0 Å². The molecule has 0 saturated carbocycles. The number of carbonyl (C=O) groups excluding carboxylic acids is 2. The van der Waals surface area contributed by atoms with E-state index in [-0.39, 0.29) is 17.5 Å². The summed E-state index contributed by atoms with van der Waals surface area (Å²) in [6, 6.07) is 1.42. The molecule has 0 aromatic heterocycles. The van der Waals surface area contributed by atoms with Crippen molar-refractivity contribution in [1.82, 2.24) is 5.32 Å². The highest BCUT2D eigenvalue weighted by atomic mass is 19.1. The zero-order valence-corrected chi connectivity index (χ0v) is 11.5. The highest BCUT2D eigenvalue weighted by Crippen LogP contribution is 2.28. The van der Waals surface area contributed by atoms with Crippen LogP contribution in [0.15, 0.2) is 18.2 Å². The van der Waals surface area contributed by atoms with Crippen LogP contribution in [-0.4, -0.2) is 23.9 Å². The largest absolute Gasteiger partial charge is 0.343 e. The lowest BCUT2D eigenvalue weighted by molar-refractivity contribution is -0.134. The van der Waals surface area contributed by atoms with Crippen LogP contribution in [0, 0.1) is 17.6 Å². The number of benzene rings is 1. The number of nitrogens with zero attached hydrogens (tertiary/aromatic N) is 1. The Morgan fingerprint density at radius 2 is 1.90 bits per heavy atom. The summed E-state index contributed by atoms with van der Waals surface area (Å²) in [7, 11) is 0. The van der Waals surface area contributed by atoms with Crippen molar-refractivity contribution in [2.24, 2.45) is 5.92 Å². The number of hydrogen-bond acceptors (Lipinski definition) is 2. The molecule has 1 aromatic carbocycles. The van der Waals surface area contributed by atoms with Crippen molar-refractivity contribution in [3.63, 3.8) is 0 Å². The third-order valence-electron chi connectivity index (χ3n) is 3.31. The topological polar surface area (TPSA) is 49.4 Å². The van der Waals surface area contributed by atoms with E-state index in [0.29, 0.717) is 6.07 Å². The van der Waals surface area contributed by atoms with E-state index < -0.39 is 29.6 Å². The lowest BCUT2D eigenvalue weighted by Crippen LogP contribution is -2.64. The number of anilines is 1. The summed E-state index contributed by atoms with van der Waals surface area (Å²) in [5.74, 6) is -2.53. The minimum Gasteiger partial charge on any atom is -0.343 e. The van der Waals surface area contributed by atoms with Crippen molar-refractivity contribution < 1.29 is 18.4 Å². The molecule has 1 aliphatic heterocycles. The van der Waals surface area contributed by atoms with Crippen molar-refractivity contribution in [3.8, 4) is 0 Å². The van der Waals surface area contributed by atoms with E-state index in [2.05, 4.69) is 5.32 Å². The van der Waals surface area contributed by atoms with Crippen LogP contribution in [0.1, 0.15) is 20.8 Å². The molecule has 0 radical (unpaired) electrons. The van der Waals surface area contributed by atoms with Crippen LogP contribution in [0.25, 0.3) is 0 Å². The van der Waals surface area contributed by atoms with Gasteiger partial charge in [0.15, 0.2) is 0 Å². The zero-order valence-electron chi connectivity index (χ0n) is 11.5. The first-order valence-corrected chi connectivity index (χ1v) is 6.41. The molecule has 2 atom stereocenters. The molecule has 1 N–H and O–H groups in total. The molecule has 0 spiro atoms. The number of hydrogen-bond donors (Lipinski definition) is 1. The van der Waals surface area contributed by atoms with Crippen LogP contribution in [0.4, 0.5) is 14.5 Å². The Hall–Kier alpha value is -1.98. The molecule has 2 unspecified atom stereocenters. The normalized spacial score (nSPS) is 23.2. The van der Waals surface area contributed by atoms with Gasteiger partial charge >= 0.3 is 0 Å². The third-order valence-corrected chi connectivity index (χ3v) is 3.31. The first-order valence-electron chi connectivity index (χ1n) is 6.41. The molecule has 0 bridgehead atoms. The van der Waals surface area contributed by atoms with Crippen molar-refractivity contribution in [2.45, 2.75) is 32.9 Å². The number of nitrogens with one attached hydrogen (secondary N) is 1. The number of piperazine rings is 1. The van der Waals surface area contributed by atoms with Gasteiger partial charge in [-0.1, -0.05) is 13.8 Å². The molecule has 2 rings (SSSR count). The van der Waals surface area contributed by atoms with Gasteiger partial charge in [-0.25, -0.2) is 8.78 Å². The molecule has 0 aliphatic carbocycles. The zero-order chi connectivity index (χ0) is 15.0. The Kier molecular flexibility index (Phi) is 3.74. The molecule has 4 nitrogen and oxygen atoms in total. The SMILES string of the molecule is CC1NC(=O)C(C(C)C)N(c2ccc(F)cc2F)C1=O. The fraction of sp³-hybridized carbons (Fsp3) is 0.429. The van der Waals surface area contributed by atoms with Crippen LogP contribution in [0.3, 0.4) is 0 Å². The minimum absolute atomic E-state index is 0.0724. The fourth-order valence-corrected chi connectivity index (χ4v) is 2.37. The Labute approximate surface area is 115 Å². The van der Waals surface area contributed by atoms with Crippen LogP contribution in [0.5, 0.6) is 0 Å². The lowest BCUT2D eigenvalue weighted by Gasteiger charge is -2.39. The Bertz CT molecular complexity index is 560. The van der Waals surface area contributed by atoms with Crippen LogP contribution >= 0.6 is 0 Å². The molecule has 1 aromatic rings. The number of amides is 2. The van der Waals surface area contributed by atoms with E-state index in [1.54, 1.807) is 13.8 Å². The van der Waals surface area contributed by atoms with E-state index in [0.717, 1.165) is 11.0 Å². The average Bonchev–Trinajstić information content (AvgIpc) is 2.33. The van der Waals surface area contributed by atoms with Gasteiger partial charge in [-0.3, -0.25) is 14.5 Å². The summed E-state index contributed by atoms with van der Waals surface area (Å²) in [5.41, 5.74) is -0.0724. The van der Waals surface area contributed by atoms with Crippen molar-refractivity contribution in [3.05, 3.63) is 29.8 Å². The second-order valence-electron chi connectivity index (χ2n) is 5.22. The lowest BCUT2D eigenvalue weighted by atomic mass is 9.96. The summed E-state index contributed by atoms with van der Waals surface area (Å²) in [6.45, 7) is 5.06. The third kappa shape index (κ3) is 2.37. The van der Waals surface area contributed by atoms with Gasteiger partial charge in [0.25, 0.3) is 0 Å². The highest BCUT2D eigenvalue weighted by Gasteiger charge is 2.42. The van der Waals surface area contributed by atoms with E-state index in [9.17, 15) is 18.4 Å². The van der Waals surface area contributed by atoms with Crippen molar-refractivity contribution >= 4 is 17.5 Å². The molecule has 1 aliphatic rings. The standard InChI is InChI=1S/C14H16F2N2O2/c1-7(2)12-13(19)17-8(3)14(20)18(12)11-5-4-9(15)6-10(11)16/h4-8,12H,1-3H3,(H,17,19). The monoisotopic (exact) mass is 282 g/mol. The van der Waals surface area contributed by atoms with Crippen molar-refractivity contribution in [2.75, 3.05) is 4.90 Å². The summed E-state index contributed by atoms with van der Waals surface area (Å²) in [4.78, 5) is 25.5. The van der Waals surface area contributed by atoms with Gasteiger partial charge in [0.2, 0.25) is 11.8 Å². The van der Waals surface area contributed by atoms with Crippen molar-refractivity contribution in [1.29, 1.82) is 0 Å². The van der Waals surface area contributed by atoms with Gasteiger partial charge in [-0.15, -0.1) is 0 Å². The van der Waals surface area contributed by atoms with E-state index >= 15 is 0 Å². The molecule has 1 fully saturated rings. The van der Waals surface area contributed by atoms with Crippen LogP contribution in [-0.2, 0) is 9.59 Å². The van der Waals surface area contributed by atoms with Crippen LogP contribution in [0.2, 0.25) is 0 Å². The van der Waals surface area contributed by atoms with Gasteiger partial charge < -0.3 is 5.32 Å². The maximum absolute atomic E-state index is 13.9. The number of rotatable bonds is 2. The molecule has 20 heavy (non-hydrogen) atoms. The van der Waals surface area contributed by atoms with E-state index in [4.69, 9.17) is 0 Å². The minimum atomic E-state index is -0.856. The first kappa shape index (κ1) is 14.4. The molecule has 1 saturated heterocycles. The summed E-state index contributed by atoms with van der Waals surface area (Å²) < 4.78 is 26.9. The molecular weight excluding hydrogens is 266 g/mol. The summed E-state index contributed by atoms with van der Waals surface area (Å²) in [5, 5.41) is 2.56. The second-order valence-corrected chi connectivity index (χ2v) is 5.22. The quantitative estimate of drug-likeness (QED) is 0.900. The maximum Gasteiger partial charge on any atom is 0.250 e. The predicted octanol–water partition coefficient (Wildman–Crippen LogP) is 1.84. The Morgan fingerprint density at radius 3 is 2.45 bits per heavy atom. The van der Waals surface area contributed by atoms with Gasteiger partial charge in [-0.2, -0.15) is 0 Å². The second kappa shape index (κ2) is 5.19. The fourth-order valence-electron chi connectivity index (χ4n) is 2.37. The van der Waals surface area contributed by atoms with Gasteiger partial charge in [0, 0.05) is 6.07 Å². The summed E-state index contributed by atoms with van der Waals surface area (Å²) in [6.07, 6.45) is 0. The number of halogens is 2. The Balaban J connectivity index is 2.52. The van der Waals surface area contributed by atoms with Gasteiger partial charge in [-0.05, 0) is 25.0 Å². The molecule has 108 valence electrons. The van der Waals surface area contributed by atoms with E-state index in [1.807, 2.05) is 0 Å². The molecule has 2 amide bonds. The molecule has 1 heterocycles. The highest BCUT2D eigenvalue weighted by molar-refractivity contribution is 6.08.